The molecule has 0 N–H and O–H groups in total. The standard InChI is InChI=1S/C24H29ClN2O5S3/c1-4-6-7-8-9-14-32-19-15-17(10-11-18(19)31-3)16-20-23(28)27(5-2)24(33-20)26-35(29,30)22-13-12-21(25)34-22/h10-13,15-16H,4-9,14H2,1-3H3/b20-16-,26-24+. The number of carbonyl (C=O) groups excluding carboxylic acids is 1. The van der Waals surface area contributed by atoms with Crippen molar-refractivity contribution < 1.29 is 22.7 Å². The van der Waals surface area contributed by atoms with Crippen LogP contribution >= 0.6 is 34.7 Å². The summed E-state index contributed by atoms with van der Waals surface area (Å²) in [6.07, 6.45) is 7.38. The Morgan fingerprint density at radius 3 is 2.51 bits per heavy atom. The van der Waals surface area contributed by atoms with E-state index in [4.69, 9.17) is 21.1 Å². The van der Waals surface area contributed by atoms with Crippen molar-refractivity contribution in [2.24, 2.45) is 4.40 Å². The Kier molecular flexibility index (Phi) is 10.1. The predicted octanol–water partition coefficient (Wildman–Crippen LogP) is 6.44. The van der Waals surface area contributed by atoms with Crippen LogP contribution in [0, 0.1) is 0 Å². The van der Waals surface area contributed by atoms with E-state index < -0.39 is 10.0 Å². The van der Waals surface area contributed by atoms with Crippen molar-refractivity contribution in [3.63, 3.8) is 0 Å². The topological polar surface area (TPSA) is 85.3 Å². The molecule has 0 bridgehead atoms. The predicted molar refractivity (Wildman–Crippen MR) is 144 cm³/mol. The van der Waals surface area contributed by atoms with Gasteiger partial charge in [0.25, 0.3) is 15.9 Å². The molecule has 0 saturated carbocycles. The van der Waals surface area contributed by atoms with Crippen LogP contribution in [-0.2, 0) is 14.8 Å². The van der Waals surface area contributed by atoms with Crippen LogP contribution < -0.4 is 9.47 Å². The highest BCUT2D eigenvalue weighted by Crippen LogP contribution is 2.36. The lowest BCUT2D eigenvalue weighted by molar-refractivity contribution is -0.122. The summed E-state index contributed by atoms with van der Waals surface area (Å²) in [5, 5.41) is 0.116. The summed E-state index contributed by atoms with van der Waals surface area (Å²) in [5.41, 5.74) is 0.743. The van der Waals surface area contributed by atoms with E-state index >= 15 is 0 Å². The van der Waals surface area contributed by atoms with Gasteiger partial charge >= 0.3 is 0 Å². The van der Waals surface area contributed by atoms with Gasteiger partial charge in [0.05, 0.1) is 23.0 Å². The van der Waals surface area contributed by atoms with Crippen molar-refractivity contribution in [3.05, 3.63) is 45.1 Å². The van der Waals surface area contributed by atoms with Gasteiger partial charge in [-0.15, -0.1) is 15.7 Å². The molecular formula is C24H29ClN2O5S3. The number of amides is 1. The van der Waals surface area contributed by atoms with Gasteiger partial charge in [0, 0.05) is 6.54 Å². The number of hydrogen-bond donors (Lipinski definition) is 0. The van der Waals surface area contributed by atoms with E-state index in [9.17, 15) is 13.2 Å². The molecule has 1 fully saturated rings. The molecule has 1 saturated heterocycles. The van der Waals surface area contributed by atoms with Crippen LogP contribution in [-0.4, -0.2) is 44.7 Å². The fourth-order valence-corrected chi connectivity index (χ4v) is 7.08. The fraction of sp³-hybridized carbons (Fsp3) is 0.417. The van der Waals surface area contributed by atoms with Gasteiger partial charge < -0.3 is 9.47 Å². The Bertz CT molecular complexity index is 1210. The van der Waals surface area contributed by atoms with Crippen LogP contribution in [0.1, 0.15) is 51.5 Å². The number of hydrogen-bond acceptors (Lipinski definition) is 7. The molecule has 2 aromatic rings. The first-order valence-electron chi connectivity index (χ1n) is 11.4. The van der Waals surface area contributed by atoms with Crippen molar-refractivity contribution in [3.8, 4) is 11.5 Å². The second-order valence-electron chi connectivity index (χ2n) is 7.74. The van der Waals surface area contributed by atoms with E-state index in [0.29, 0.717) is 27.3 Å². The first kappa shape index (κ1) is 27.6. The third-order valence-corrected chi connectivity index (χ3v) is 9.28. The number of unbranched alkanes of at least 4 members (excludes halogenated alkanes) is 4. The Labute approximate surface area is 220 Å². The van der Waals surface area contributed by atoms with E-state index in [-0.39, 0.29) is 21.8 Å². The number of thioether (sulfide) groups is 1. The molecule has 11 heteroatoms. The Morgan fingerprint density at radius 2 is 1.86 bits per heavy atom. The molecule has 2 heterocycles. The molecule has 3 rings (SSSR count). The van der Waals surface area contributed by atoms with Crippen molar-refractivity contribution in [2.45, 2.75) is 50.2 Å². The lowest BCUT2D eigenvalue weighted by Crippen LogP contribution is -2.29. The van der Waals surface area contributed by atoms with Gasteiger partial charge in [-0.05, 0) is 61.0 Å². The number of halogens is 1. The summed E-state index contributed by atoms with van der Waals surface area (Å²) in [4.78, 5) is 14.7. The maximum absolute atomic E-state index is 13.0. The summed E-state index contributed by atoms with van der Waals surface area (Å²) in [6.45, 7) is 4.82. The molecule has 0 unspecified atom stereocenters. The highest BCUT2D eigenvalue weighted by atomic mass is 35.5. The molecule has 0 radical (unpaired) electrons. The van der Waals surface area contributed by atoms with Crippen LogP contribution in [0.25, 0.3) is 6.08 Å². The molecule has 1 aromatic carbocycles. The molecule has 0 spiro atoms. The summed E-state index contributed by atoms with van der Waals surface area (Å²) in [5.74, 6) is 0.917. The normalized spacial score (nSPS) is 16.5. The fourth-order valence-electron chi connectivity index (χ4n) is 3.37. The minimum Gasteiger partial charge on any atom is -0.493 e. The number of thiophene rings is 1. The average molecular weight is 557 g/mol. The van der Waals surface area contributed by atoms with Gasteiger partial charge in [-0.3, -0.25) is 9.69 Å². The minimum atomic E-state index is -3.98. The van der Waals surface area contributed by atoms with Gasteiger partial charge in [0.1, 0.15) is 4.21 Å². The first-order valence-corrected chi connectivity index (χ1v) is 14.9. The molecule has 190 valence electrons. The molecule has 0 atom stereocenters. The number of carbonyl (C=O) groups is 1. The minimum absolute atomic E-state index is 0.0307. The van der Waals surface area contributed by atoms with Gasteiger partial charge in [-0.1, -0.05) is 50.3 Å². The highest BCUT2D eigenvalue weighted by molar-refractivity contribution is 8.19. The Morgan fingerprint density at radius 1 is 1.09 bits per heavy atom. The number of ether oxygens (including phenoxy) is 2. The zero-order chi connectivity index (χ0) is 25.4. The quantitative estimate of drug-likeness (QED) is 0.221. The SMILES string of the molecule is CCCCCCCOc1cc(/C=C2\S/C(=N/S(=O)(=O)c3ccc(Cl)s3)N(CC)C2=O)ccc1OC. The van der Waals surface area contributed by atoms with Crippen molar-refractivity contribution >= 4 is 61.9 Å². The number of rotatable bonds is 12. The van der Waals surface area contributed by atoms with Crippen molar-refractivity contribution in [1.82, 2.24) is 4.90 Å². The summed E-state index contributed by atoms with van der Waals surface area (Å²) >= 11 is 7.83. The number of amidine groups is 1. The largest absolute Gasteiger partial charge is 0.493 e. The third-order valence-electron chi connectivity index (χ3n) is 5.20. The lowest BCUT2D eigenvalue weighted by Gasteiger charge is -2.12. The average Bonchev–Trinajstić information content (AvgIpc) is 3.39. The van der Waals surface area contributed by atoms with Crippen molar-refractivity contribution in [2.75, 3.05) is 20.3 Å². The number of likely N-dealkylation sites (N-methyl/N-ethyl adjacent to an activating group) is 1. The van der Waals surface area contributed by atoms with Crippen LogP contribution in [0.3, 0.4) is 0 Å². The van der Waals surface area contributed by atoms with Crippen LogP contribution in [0.15, 0.2) is 43.8 Å². The number of methoxy groups -OCH3 is 1. The first-order chi connectivity index (χ1) is 16.8. The van der Waals surface area contributed by atoms with Gasteiger partial charge in [0.15, 0.2) is 16.7 Å². The Balaban J connectivity index is 1.80. The lowest BCUT2D eigenvalue weighted by atomic mass is 10.1. The smallest absolute Gasteiger partial charge is 0.294 e. The monoisotopic (exact) mass is 556 g/mol. The van der Waals surface area contributed by atoms with E-state index in [0.717, 1.165) is 41.5 Å². The molecule has 35 heavy (non-hydrogen) atoms. The molecule has 1 aliphatic heterocycles. The van der Waals surface area contributed by atoms with Gasteiger partial charge in [-0.2, -0.15) is 8.42 Å². The third kappa shape index (κ3) is 7.25. The highest BCUT2D eigenvalue weighted by Gasteiger charge is 2.34. The molecule has 7 nitrogen and oxygen atoms in total. The van der Waals surface area contributed by atoms with E-state index in [2.05, 4.69) is 11.3 Å². The molecule has 1 aliphatic rings. The number of nitrogens with zero attached hydrogens (tertiary/aromatic N) is 2. The Hall–Kier alpha value is -2.01. The number of sulfonamides is 1. The molecule has 0 aliphatic carbocycles. The zero-order valence-electron chi connectivity index (χ0n) is 20.0. The maximum atomic E-state index is 13.0. The summed E-state index contributed by atoms with van der Waals surface area (Å²) in [7, 11) is -2.39. The second kappa shape index (κ2) is 12.8. The van der Waals surface area contributed by atoms with E-state index in [1.807, 2.05) is 12.1 Å². The zero-order valence-corrected chi connectivity index (χ0v) is 23.2. The second-order valence-corrected chi connectivity index (χ2v) is 12.3. The summed E-state index contributed by atoms with van der Waals surface area (Å²) < 4.78 is 41.1. The van der Waals surface area contributed by atoms with Crippen LogP contribution in [0.4, 0.5) is 0 Å². The van der Waals surface area contributed by atoms with Crippen LogP contribution in [0.2, 0.25) is 4.34 Å². The molecular weight excluding hydrogens is 528 g/mol. The summed E-state index contributed by atoms with van der Waals surface area (Å²) in [6, 6.07) is 8.35. The maximum Gasteiger partial charge on any atom is 0.294 e. The van der Waals surface area contributed by atoms with E-state index in [1.165, 1.54) is 36.3 Å². The van der Waals surface area contributed by atoms with Gasteiger partial charge in [-0.25, -0.2) is 0 Å². The molecule has 1 aromatic heterocycles. The van der Waals surface area contributed by atoms with Crippen LogP contribution in [0.5, 0.6) is 11.5 Å². The van der Waals surface area contributed by atoms with E-state index in [1.54, 1.807) is 26.2 Å². The van der Waals surface area contributed by atoms with Gasteiger partial charge in [0.2, 0.25) is 0 Å². The van der Waals surface area contributed by atoms with Crippen molar-refractivity contribution in [1.29, 1.82) is 0 Å². The molecule has 1 amide bonds. The number of benzene rings is 1.